The van der Waals surface area contributed by atoms with Crippen LogP contribution >= 0.6 is 30.5 Å². The van der Waals surface area contributed by atoms with Gasteiger partial charge in [0.2, 0.25) is 0 Å². The predicted molar refractivity (Wildman–Crippen MR) is 125 cm³/mol. The molecule has 0 saturated heterocycles. The van der Waals surface area contributed by atoms with Crippen molar-refractivity contribution in [2.24, 2.45) is 0 Å². The molecule has 4 rings (SSSR count). The van der Waals surface area contributed by atoms with Crippen LogP contribution in [0.2, 0.25) is 10.0 Å². The maximum absolute atomic E-state index is 6.63. The SMILES string of the molecule is Clc1ccc(C[P+](c2ccccc2)(c2ccccc2)c2ccccc2)c(Cl)c1. The number of benzene rings is 4. The maximum atomic E-state index is 6.63. The van der Waals surface area contributed by atoms with E-state index in [1.807, 2.05) is 12.1 Å². The summed E-state index contributed by atoms with van der Waals surface area (Å²) in [6.45, 7) is 0. The molecule has 28 heavy (non-hydrogen) atoms. The van der Waals surface area contributed by atoms with Crippen molar-refractivity contribution in [3.05, 3.63) is 125 Å². The Hall–Kier alpha value is -2.11. The van der Waals surface area contributed by atoms with Crippen LogP contribution in [-0.4, -0.2) is 0 Å². The van der Waals surface area contributed by atoms with Gasteiger partial charge in [0.05, 0.1) is 6.16 Å². The standard InChI is InChI=1S/C25H20Cl2P/c26-21-17-16-20(25(27)18-21)19-28(22-10-4-1-5-11-22,23-12-6-2-7-13-23)24-14-8-3-9-15-24/h1-18H,19H2/q+1. The van der Waals surface area contributed by atoms with E-state index in [-0.39, 0.29) is 0 Å². The van der Waals surface area contributed by atoms with Crippen molar-refractivity contribution in [3.63, 3.8) is 0 Å². The van der Waals surface area contributed by atoms with Crippen molar-refractivity contribution in [1.29, 1.82) is 0 Å². The summed E-state index contributed by atoms with van der Waals surface area (Å²) in [6, 6.07) is 38.3. The van der Waals surface area contributed by atoms with E-state index < -0.39 is 7.26 Å². The highest BCUT2D eigenvalue weighted by molar-refractivity contribution is 7.95. The average molecular weight is 422 g/mol. The molecule has 0 aromatic heterocycles. The molecule has 0 bridgehead atoms. The topological polar surface area (TPSA) is 0 Å². The summed E-state index contributed by atoms with van der Waals surface area (Å²) < 4.78 is 0. The van der Waals surface area contributed by atoms with Gasteiger partial charge in [-0.2, -0.15) is 0 Å². The Morgan fingerprint density at radius 2 is 0.964 bits per heavy atom. The van der Waals surface area contributed by atoms with Gasteiger partial charge in [0.15, 0.2) is 0 Å². The van der Waals surface area contributed by atoms with E-state index in [2.05, 4.69) is 97.1 Å². The molecular weight excluding hydrogens is 402 g/mol. The van der Waals surface area contributed by atoms with Crippen molar-refractivity contribution in [1.82, 2.24) is 0 Å². The highest BCUT2D eigenvalue weighted by Gasteiger charge is 2.45. The minimum atomic E-state index is -1.94. The van der Waals surface area contributed by atoms with Crippen molar-refractivity contribution >= 4 is 46.4 Å². The molecule has 0 aliphatic carbocycles. The second-order valence-electron chi connectivity index (χ2n) is 6.71. The van der Waals surface area contributed by atoms with Gasteiger partial charge in [0.1, 0.15) is 23.2 Å². The van der Waals surface area contributed by atoms with Crippen LogP contribution in [0.5, 0.6) is 0 Å². The van der Waals surface area contributed by atoms with Gasteiger partial charge >= 0.3 is 0 Å². The lowest BCUT2D eigenvalue weighted by atomic mass is 10.2. The van der Waals surface area contributed by atoms with Gasteiger partial charge in [-0.05, 0) is 48.5 Å². The maximum Gasteiger partial charge on any atom is 0.116 e. The zero-order valence-electron chi connectivity index (χ0n) is 15.3. The summed E-state index contributed by atoms with van der Waals surface area (Å²) in [5.41, 5.74) is 1.12. The zero-order valence-corrected chi connectivity index (χ0v) is 17.7. The van der Waals surface area contributed by atoms with Gasteiger partial charge in [-0.3, -0.25) is 0 Å². The molecule has 0 spiro atoms. The smallest absolute Gasteiger partial charge is 0.0843 e. The second kappa shape index (κ2) is 8.50. The van der Waals surface area contributed by atoms with E-state index in [1.54, 1.807) is 0 Å². The van der Waals surface area contributed by atoms with E-state index in [0.29, 0.717) is 5.02 Å². The molecule has 0 saturated carbocycles. The molecule has 0 aliphatic rings. The Morgan fingerprint density at radius 3 is 1.36 bits per heavy atom. The van der Waals surface area contributed by atoms with Crippen LogP contribution in [0.15, 0.2) is 109 Å². The van der Waals surface area contributed by atoms with Crippen molar-refractivity contribution in [2.45, 2.75) is 6.16 Å². The first-order valence-electron chi connectivity index (χ1n) is 9.19. The minimum Gasteiger partial charge on any atom is -0.0843 e. The van der Waals surface area contributed by atoms with E-state index in [0.717, 1.165) is 16.7 Å². The summed E-state index contributed by atoms with van der Waals surface area (Å²) in [5.74, 6) is 0. The van der Waals surface area contributed by atoms with Crippen LogP contribution in [0.1, 0.15) is 5.56 Å². The van der Waals surface area contributed by atoms with Crippen LogP contribution in [0.4, 0.5) is 0 Å². The van der Waals surface area contributed by atoms with Gasteiger partial charge in [-0.25, -0.2) is 0 Å². The third-order valence-electron chi connectivity index (χ3n) is 5.01. The lowest BCUT2D eigenvalue weighted by molar-refractivity contribution is 1.39. The molecule has 0 heterocycles. The quantitative estimate of drug-likeness (QED) is 0.323. The summed E-state index contributed by atoms with van der Waals surface area (Å²) in [4.78, 5) is 0. The fourth-order valence-electron chi connectivity index (χ4n) is 3.67. The van der Waals surface area contributed by atoms with Crippen LogP contribution in [0.3, 0.4) is 0 Å². The lowest BCUT2D eigenvalue weighted by Crippen LogP contribution is -2.32. The Labute approximate surface area is 177 Å². The molecule has 4 aromatic carbocycles. The number of hydrogen-bond donors (Lipinski definition) is 0. The Kier molecular flexibility index (Phi) is 5.83. The van der Waals surface area contributed by atoms with Gasteiger partial charge in [-0.15, -0.1) is 0 Å². The molecule has 0 radical (unpaired) electrons. The molecule has 0 nitrogen and oxygen atoms in total. The summed E-state index contributed by atoms with van der Waals surface area (Å²) >= 11 is 12.8. The van der Waals surface area contributed by atoms with E-state index in [4.69, 9.17) is 23.2 Å². The van der Waals surface area contributed by atoms with Crippen LogP contribution < -0.4 is 15.9 Å². The molecule has 0 aliphatic heterocycles. The third kappa shape index (κ3) is 3.74. The fourth-order valence-corrected chi connectivity index (χ4v) is 8.51. The van der Waals surface area contributed by atoms with Gasteiger partial charge < -0.3 is 0 Å². The Morgan fingerprint density at radius 1 is 0.536 bits per heavy atom. The summed E-state index contributed by atoms with van der Waals surface area (Å²) in [7, 11) is -1.94. The monoisotopic (exact) mass is 421 g/mol. The first-order chi connectivity index (χ1) is 13.7. The molecular formula is C25H20Cl2P+. The Balaban J connectivity index is 2.01. The highest BCUT2D eigenvalue weighted by atomic mass is 35.5. The molecule has 4 aromatic rings. The average Bonchev–Trinajstić information content (AvgIpc) is 2.75. The fraction of sp³-hybridized carbons (Fsp3) is 0.0400. The molecule has 0 atom stereocenters. The third-order valence-corrected chi connectivity index (χ3v) is 9.95. The van der Waals surface area contributed by atoms with Gasteiger partial charge in [0.25, 0.3) is 0 Å². The minimum absolute atomic E-state index is 0.664. The Bertz CT molecular complexity index is 951. The molecule has 138 valence electrons. The van der Waals surface area contributed by atoms with E-state index in [1.165, 1.54) is 15.9 Å². The van der Waals surface area contributed by atoms with Gasteiger partial charge in [0, 0.05) is 15.6 Å². The number of hydrogen-bond acceptors (Lipinski definition) is 0. The first-order valence-corrected chi connectivity index (χ1v) is 11.9. The highest BCUT2D eigenvalue weighted by Crippen LogP contribution is 2.58. The van der Waals surface area contributed by atoms with Crippen molar-refractivity contribution in [2.75, 3.05) is 0 Å². The summed E-state index contributed by atoms with van der Waals surface area (Å²) in [5, 5.41) is 5.42. The largest absolute Gasteiger partial charge is 0.116 e. The molecule has 0 amide bonds. The molecule has 3 heteroatoms. The molecule has 0 N–H and O–H groups in total. The van der Waals surface area contributed by atoms with Crippen molar-refractivity contribution < 1.29 is 0 Å². The van der Waals surface area contributed by atoms with E-state index in [9.17, 15) is 0 Å². The number of halogens is 2. The second-order valence-corrected chi connectivity index (χ2v) is 11.0. The first kappa shape index (κ1) is 19.2. The van der Waals surface area contributed by atoms with Crippen LogP contribution in [-0.2, 0) is 6.16 Å². The van der Waals surface area contributed by atoms with E-state index >= 15 is 0 Å². The number of rotatable bonds is 5. The zero-order chi connectivity index (χ0) is 19.4. The van der Waals surface area contributed by atoms with Gasteiger partial charge in [-0.1, -0.05) is 83.9 Å². The molecule has 0 fully saturated rings. The molecule has 0 unspecified atom stereocenters. The summed E-state index contributed by atoms with van der Waals surface area (Å²) in [6.07, 6.45) is 0.848. The van der Waals surface area contributed by atoms with Crippen LogP contribution in [0, 0.1) is 0 Å². The lowest BCUT2D eigenvalue weighted by Gasteiger charge is -2.28. The normalized spacial score (nSPS) is 11.4. The van der Waals surface area contributed by atoms with Crippen molar-refractivity contribution in [3.8, 4) is 0 Å². The van der Waals surface area contributed by atoms with Crippen LogP contribution in [0.25, 0.3) is 0 Å². The predicted octanol–water partition coefficient (Wildman–Crippen LogP) is 6.49.